The third-order valence-corrected chi connectivity index (χ3v) is 4.91. The summed E-state index contributed by atoms with van der Waals surface area (Å²) < 4.78 is 0. The summed E-state index contributed by atoms with van der Waals surface area (Å²) in [6.07, 6.45) is 9.51. The van der Waals surface area contributed by atoms with Gasteiger partial charge in [0.25, 0.3) is 0 Å². The zero-order valence-corrected chi connectivity index (χ0v) is 13.5. The molecule has 0 aromatic carbocycles. The van der Waals surface area contributed by atoms with Crippen LogP contribution in [0.4, 0.5) is 0 Å². The van der Waals surface area contributed by atoms with Gasteiger partial charge in [-0.25, -0.2) is 0 Å². The van der Waals surface area contributed by atoms with Crippen molar-refractivity contribution in [2.45, 2.75) is 78.7 Å². The van der Waals surface area contributed by atoms with Crippen LogP contribution in [0, 0.1) is 23.7 Å². The van der Waals surface area contributed by atoms with E-state index in [1.165, 1.54) is 51.6 Å². The van der Waals surface area contributed by atoms with E-state index in [9.17, 15) is 0 Å². The van der Waals surface area contributed by atoms with Crippen molar-refractivity contribution in [3.05, 3.63) is 0 Å². The van der Waals surface area contributed by atoms with E-state index in [-0.39, 0.29) is 0 Å². The van der Waals surface area contributed by atoms with Gasteiger partial charge in [0.2, 0.25) is 0 Å². The fraction of sp³-hybridized carbons (Fsp3) is 0.889. The Morgan fingerprint density at radius 1 is 1.05 bits per heavy atom. The Hall–Kier alpha value is -0.480. The molecular formula is C18H33N. The first-order valence-electron chi connectivity index (χ1n) is 8.40. The van der Waals surface area contributed by atoms with Gasteiger partial charge in [-0.1, -0.05) is 40.0 Å². The standard InChI is InChI=1S/C18H33N/c1-5-9-11-16-13-14-18(19(7-3)8-4)15-17(16)12-10-6-2/h16-18H,5,7-9,11-15H2,1-4H3. The highest BCUT2D eigenvalue weighted by molar-refractivity contribution is 4.99. The predicted molar refractivity (Wildman–Crippen MR) is 85.1 cm³/mol. The Labute approximate surface area is 121 Å². The van der Waals surface area contributed by atoms with Crippen LogP contribution < -0.4 is 0 Å². The molecule has 1 fully saturated rings. The minimum atomic E-state index is 0.816. The molecule has 1 aliphatic carbocycles. The molecule has 0 aromatic rings. The Bertz CT molecular complexity index is 282. The van der Waals surface area contributed by atoms with Crippen LogP contribution in [0.1, 0.15) is 72.6 Å². The van der Waals surface area contributed by atoms with Crippen molar-refractivity contribution in [2.75, 3.05) is 13.1 Å². The first-order chi connectivity index (χ1) is 9.26. The molecule has 0 saturated heterocycles. The highest BCUT2D eigenvalue weighted by Gasteiger charge is 2.31. The fourth-order valence-electron chi connectivity index (χ4n) is 3.70. The molecule has 1 aliphatic rings. The van der Waals surface area contributed by atoms with E-state index in [0.29, 0.717) is 0 Å². The molecule has 1 rings (SSSR count). The second-order valence-corrected chi connectivity index (χ2v) is 5.98. The van der Waals surface area contributed by atoms with Gasteiger partial charge in [0, 0.05) is 12.5 Å². The maximum absolute atomic E-state index is 3.35. The van der Waals surface area contributed by atoms with Gasteiger partial charge in [-0.2, -0.15) is 0 Å². The lowest BCUT2D eigenvalue weighted by atomic mass is 9.73. The van der Waals surface area contributed by atoms with E-state index in [1.807, 2.05) is 6.92 Å². The maximum atomic E-state index is 3.35. The van der Waals surface area contributed by atoms with Crippen LogP contribution in [0.2, 0.25) is 0 Å². The summed E-state index contributed by atoms with van der Waals surface area (Å²) in [5.74, 6) is 8.23. The molecule has 0 aromatic heterocycles. The van der Waals surface area contributed by atoms with Crippen molar-refractivity contribution in [3.63, 3.8) is 0 Å². The van der Waals surface area contributed by atoms with E-state index in [0.717, 1.165) is 24.3 Å². The molecule has 110 valence electrons. The van der Waals surface area contributed by atoms with E-state index in [4.69, 9.17) is 0 Å². The van der Waals surface area contributed by atoms with Gasteiger partial charge in [-0.15, -0.1) is 11.8 Å². The first kappa shape index (κ1) is 16.6. The van der Waals surface area contributed by atoms with Gasteiger partial charge in [-0.05, 0) is 51.1 Å². The summed E-state index contributed by atoms with van der Waals surface area (Å²) in [5, 5.41) is 0. The van der Waals surface area contributed by atoms with Crippen molar-refractivity contribution < 1.29 is 0 Å². The lowest BCUT2D eigenvalue weighted by Gasteiger charge is -2.40. The summed E-state index contributed by atoms with van der Waals surface area (Å²) in [6.45, 7) is 11.3. The summed E-state index contributed by atoms with van der Waals surface area (Å²) in [7, 11) is 0. The largest absolute Gasteiger partial charge is 0.301 e. The second kappa shape index (κ2) is 9.43. The fourth-order valence-corrected chi connectivity index (χ4v) is 3.70. The molecule has 0 spiro atoms. The van der Waals surface area contributed by atoms with E-state index < -0.39 is 0 Å². The smallest absolute Gasteiger partial charge is 0.0120 e. The zero-order valence-electron chi connectivity index (χ0n) is 13.5. The monoisotopic (exact) mass is 263 g/mol. The summed E-state index contributed by atoms with van der Waals surface area (Å²) in [4.78, 5) is 2.66. The van der Waals surface area contributed by atoms with E-state index in [2.05, 4.69) is 37.5 Å². The molecule has 0 aliphatic heterocycles. The van der Waals surface area contributed by atoms with E-state index >= 15 is 0 Å². The van der Waals surface area contributed by atoms with E-state index in [1.54, 1.807) is 0 Å². The van der Waals surface area contributed by atoms with Crippen LogP contribution in [0.25, 0.3) is 0 Å². The van der Waals surface area contributed by atoms with Crippen molar-refractivity contribution in [3.8, 4) is 11.8 Å². The third-order valence-electron chi connectivity index (χ3n) is 4.91. The van der Waals surface area contributed by atoms with Crippen molar-refractivity contribution in [1.29, 1.82) is 0 Å². The molecule has 1 saturated carbocycles. The normalized spacial score (nSPS) is 27.1. The minimum absolute atomic E-state index is 0.816. The Kier molecular flexibility index (Phi) is 8.22. The van der Waals surface area contributed by atoms with Crippen LogP contribution >= 0.6 is 0 Å². The molecule has 0 amide bonds. The molecule has 3 atom stereocenters. The van der Waals surface area contributed by atoms with Crippen molar-refractivity contribution in [1.82, 2.24) is 4.90 Å². The molecule has 1 nitrogen and oxygen atoms in total. The average Bonchev–Trinajstić information content (AvgIpc) is 2.45. The highest BCUT2D eigenvalue weighted by atomic mass is 15.1. The molecule has 3 unspecified atom stereocenters. The predicted octanol–water partition coefficient (Wildman–Crippen LogP) is 4.72. The van der Waals surface area contributed by atoms with Crippen LogP contribution in [0.5, 0.6) is 0 Å². The number of unbranched alkanes of at least 4 members (excludes halogenated alkanes) is 1. The minimum Gasteiger partial charge on any atom is -0.301 e. The highest BCUT2D eigenvalue weighted by Crippen LogP contribution is 2.37. The Balaban J connectivity index is 2.60. The van der Waals surface area contributed by atoms with Gasteiger partial charge in [0.1, 0.15) is 0 Å². The van der Waals surface area contributed by atoms with Gasteiger partial charge < -0.3 is 4.90 Å². The average molecular weight is 263 g/mol. The molecule has 0 heterocycles. The number of nitrogens with zero attached hydrogens (tertiary/aromatic N) is 1. The van der Waals surface area contributed by atoms with Gasteiger partial charge >= 0.3 is 0 Å². The molecule has 1 heteroatoms. The van der Waals surface area contributed by atoms with Gasteiger partial charge in [0.05, 0.1) is 0 Å². The third kappa shape index (κ3) is 5.19. The summed E-state index contributed by atoms with van der Waals surface area (Å²) in [6, 6.07) is 0.816. The lowest BCUT2D eigenvalue weighted by Crippen LogP contribution is -2.41. The molecule has 19 heavy (non-hydrogen) atoms. The molecule has 0 N–H and O–H groups in total. The summed E-state index contributed by atoms with van der Waals surface area (Å²) in [5.41, 5.74) is 0. The van der Waals surface area contributed by atoms with Crippen LogP contribution in [0.15, 0.2) is 0 Å². The summed E-state index contributed by atoms with van der Waals surface area (Å²) >= 11 is 0. The van der Waals surface area contributed by atoms with Crippen LogP contribution in [0.3, 0.4) is 0 Å². The number of hydrogen-bond acceptors (Lipinski definition) is 1. The molecular weight excluding hydrogens is 230 g/mol. The zero-order chi connectivity index (χ0) is 14.1. The molecule has 0 radical (unpaired) electrons. The van der Waals surface area contributed by atoms with Gasteiger partial charge in [-0.3, -0.25) is 0 Å². The lowest BCUT2D eigenvalue weighted by molar-refractivity contribution is 0.101. The van der Waals surface area contributed by atoms with Gasteiger partial charge in [0.15, 0.2) is 0 Å². The second-order valence-electron chi connectivity index (χ2n) is 5.98. The maximum Gasteiger partial charge on any atom is 0.0120 e. The Morgan fingerprint density at radius 3 is 2.37 bits per heavy atom. The topological polar surface area (TPSA) is 3.24 Å². The van der Waals surface area contributed by atoms with Crippen molar-refractivity contribution >= 4 is 0 Å². The first-order valence-corrected chi connectivity index (χ1v) is 8.40. The SMILES string of the molecule is CC#CCC1CC(N(CC)CC)CCC1CCCC. The van der Waals surface area contributed by atoms with Crippen LogP contribution in [-0.2, 0) is 0 Å². The number of hydrogen-bond donors (Lipinski definition) is 0. The molecule has 0 bridgehead atoms. The Morgan fingerprint density at radius 2 is 1.79 bits per heavy atom. The quantitative estimate of drug-likeness (QED) is 0.601. The van der Waals surface area contributed by atoms with Crippen molar-refractivity contribution in [2.24, 2.45) is 11.8 Å². The number of rotatable bonds is 7. The van der Waals surface area contributed by atoms with Crippen LogP contribution in [-0.4, -0.2) is 24.0 Å².